The quantitative estimate of drug-likeness (QED) is 0.348. The standard InChI is InChI=1S/2C13H18O3.Cu.H2O/c2*1-7(2)9-5-10(8(3)4)12(14)11(6-9)13(15)16;;/h2*5-8,14H,1-4H3,(H,15,16);;1H2. The van der Waals surface area contributed by atoms with E-state index >= 15 is 0 Å². The van der Waals surface area contributed by atoms with Crippen molar-refractivity contribution in [2.24, 2.45) is 0 Å². The van der Waals surface area contributed by atoms with Crippen LogP contribution >= 0.6 is 0 Å². The molecule has 0 atom stereocenters. The molecule has 1 radical (unpaired) electrons. The molecule has 0 aliphatic heterocycles. The molecular weight excluding hydrogens is 488 g/mol. The molecular formula is C26H38CuO7. The van der Waals surface area contributed by atoms with Crippen molar-refractivity contribution < 1.29 is 52.6 Å². The topological polar surface area (TPSA) is 147 Å². The van der Waals surface area contributed by atoms with Gasteiger partial charge in [0.15, 0.2) is 0 Å². The van der Waals surface area contributed by atoms with Crippen LogP contribution in [-0.2, 0) is 17.1 Å². The number of aromatic hydroxyl groups is 2. The number of aromatic carboxylic acids is 2. The van der Waals surface area contributed by atoms with E-state index in [1.807, 2.05) is 67.5 Å². The van der Waals surface area contributed by atoms with E-state index in [1.165, 1.54) is 0 Å². The van der Waals surface area contributed by atoms with Crippen molar-refractivity contribution in [3.8, 4) is 11.5 Å². The zero-order valence-electron chi connectivity index (χ0n) is 21.0. The van der Waals surface area contributed by atoms with Crippen LogP contribution in [0.25, 0.3) is 0 Å². The van der Waals surface area contributed by atoms with Crippen LogP contribution in [0, 0.1) is 0 Å². The van der Waals surface area contributed by atoms with Crippen LogP contribution in [0.5, 0.6) is 11.5 Å². The summed E-state index contributed by atoms with van der Waals surface area (Å²) >= 11 is 0. The van der Waals surface area contributed by atoms with Crippen LogP contribution in [0.3, 0.4) is 0 Å². The zero-order valence-corrected chi connectivity index (χ0v) is 22.0. The maximum absolute atomic E-state index is 11.0. The molecule has 2 aromatic carbocycles. The van der Waals surface area contributed by atoms with E-state index in [9.17, 15) is 19.8 Å². The molecule has 0 fully saturated rings. The maximum Gasteiger partial charge on any atom is 0.339 e. The van der Waals surface area contributed by atoms with Crippen LogP contribution in [-0.4, -0.2) is 37.8 Å². The second-order valence-electron chi connectivity index (χ2n) is 9.24. The summed E-state index contributed by atoms with van der Waals surface area (Å²) in [6.45, 7) is 15.7. The Bertz CT molecular complexity index is 900. The van der Waals surface area contributed by atoms with Crippen molar-refractivity contribution in [1.29, 1.82) is 0 Å². The first kappa shape index (κ1) is 33.6. The van der Waals surface area contributed by atoms with Gasteiger partial charge >= 0.3 is 11.9 Å². The first-order chi connectivity index (χ1) is 14.7. The third-order valence-corrected chi connectivity index (χ3v) is 5.36. The van der Waals surface area contributed by atoms with Crippen molar-refractivity contribution in [2.45, 2.75) is 79.1 Å². The number of rotatable bonds is 6. The second-order valence-corrected chi connectivity index (χ2v) is 9.24. The average Bonchev–Trinajstić information content (AvgIpc) is 2.67. The van der Waals surface area contributed by atoms with Gasteiger partial charge in [-0.15, -0.1) is 0 Å². The Morgan fingerprint density at radius 1 is 0.588 bits per heavy atom. The largest absolute Gasteiger partial charge is 0.507 e. The fourth-order valence-corrected chi connectivity index (χ4v) is 3.23. The molecule has 0 bridgehead atoms. The van der Waals surface area contributed by atoms with Gasteiger partial charge in [0.2, 0.25) is 0 Å². The van der Waals surface area contributed by atoms with E-state index in [2.05, 4.69) is 0 Å². The molecule has 0 unspecified atom stereocenters. The molecule has 7 nitrogen and oxygen atoms in total. The van der Waals surface area contributed by atoms with Gasteiger partial charge in [-0.3, -0.25) is 0 Å². The van der Waals surface area contributed by atoms with Gasteiger partial charge in [-0.1, -0.05) is 67.5 Å². The molecule has 6 N–H and O–H groups in total. The van der Waals surface area contributed by atoms with Crippen molar-refractivity contribution in [2.75, 3.05) is 0 Å². The first-order valence-corrected chi connectivity index (χ1v) is 10.9. The SMILES string of the molecule is CC(C)c1cc(C(=O)O)c(O)c(C(C)C)c1.CC(C)c1cc(C(=O)O)c(O)c(C(C)C)c1.O.[Cu]. The molecule has 0 saturated heterocycles. The molecule has 2 rings (SSSR count). The number of hydrogen-bond acceptors (Lipinski definition) is 4. The molecule has 2 aromatic rings. The van der Waals surface area contributed by atoms with Crippen LogP contribution < -0.4 is 0 Å². The fraction of sp³-hybridized carbons (Fsp3) is 0.462. The first-order valence-electron chi connectivity index (χ1n) is 10.9. The van der Waals surface area contributed by atoms with Crippen molar-refractivity contribution >= 4 is 11.9 Å². The average molecular weight is 526 g/mol. The predicted octanol–water partition coefficient (Wildman–Crippen LogP) is 5.85. The Balaban J connectivity index is 0. The van der Waals surface area contributed by atoms with Gasteiger partial charge in [-0.25, -0.2) is 9.59 Å². The van der Waals surface area contributed by atoms with Crippen LogP contribution in [0.4, 0.5) is 0 Å². The normalized spacial score (nSPS) is 10.5. The molecule has 34 heavy (non-hydrogen) atoms. The fourth-order valence-electron chi connectivity index (χ4n) is 3.23. The summed E-state index contributed by atoms with van der Waals surface area (Å²) in [5, 5.41) is 37.7. The summed E-state index contributed by atoms with van der Waals surface area (Å²) in [6, 6.07) is 6.87. The Kier molecular flexibility index (Phi) is 13.8. The molecule has 195 valence electrons. The minimum absolute atomic E-state index is 0. The van der Waals surface area contributed by atoms with E-state index in [0.29, 0.717) is 11.1 Å². The Labute approximate surface area is 212 Å². The number of benzene rings is 2. The Morgan fingerprint density at radius 2 is 0.853 bits per heavy atom. The smallest absolute Gasteiger partial charge is 0.339 e. The number of hydrogen-bond donors (Lipinski definition) is 4. The molecule has 0 heterocycles. The minimum atomic E-state index is -1.08. The summed E-state index contributed by atoms with van der Waals surface area (Å²) < 4.78 is 0. The van der Waals surface area contributed by atoms with Crippen molar-refractivity contribution in [3.05, 3.63) is 57.6 Å². The van der Waals surface area contributed by atoms with Gasteiger partial charge in [-0.05, 0) is 58.1 Å². The Morgan fingerprint density at radius 3 is 1.03 bits per heavy atom. The summed E-state index contributed by atoms with van der Waals surface area (Å²) in [4.78, 5) is 22.0. The summed E-state index contributed by atoms with van der Waals surface area (Å²) in [6.07, 6.45) is 0. The molecule has 0 aromatic heterocycles. The van der Waals surface area contributed by atoms with Gasteiger partial charge in [0.1, 0.15) is 22.6 Å². The Hall–Kier alpha value is -2.54. The third kappa shape index (κ3) is 8.35. The van der Waals surface area contributed by atoms with E-state index < -0.39 is 11.9 Å². The molecule has 0 aliphatic rings. The number of carboxylic acid groups (broad SMARTS) is 2. The van der Waals surface area contributed by atoms with E-state index in [-0.39, 0.29) is 68.8 Å². The summed E-state index contributed by atoms with van der Waals surface area (Å²) in [5.74, 6) is -1.66. The zero-order chi connectivity index (χ0) is 24.9. The summed E-state index contributed by atoms with van der Waals surface area (Å²) in [5.41, 5.74) is 3.27. The van der Waals surface area contributed by atoms with Crippen LogP contribution in [0.2, 0.25) is 0 Å². The molecule has 0 spiro atoms. The van der Waals surface area contributed by atoms with E-state index in [0.717, 1.165) is 11.1 Å². The van der Waals surface area contributed by atoms with E-state index in [4.69, 9.17) is 10.2 Å². The van der Waals surface area contributed by atoms with Gasteiger partial charge < -0.3 is 25.9 Å². The van der Waals surface area contributed by atoms with Crippen molar-refractivity contribution in [1.82, 2.24) is 0 Å². The van der Waals surface area contributed by atoms with Gasteiger partial charge in [0.25, 0.3) is 0 Å². The maximum atomic E-state index is 11.0. The molecule has 0 aliphatic carbocycles. The van der Waals surface area contributed by atoms with Crippen LogP contribution in [0.15, 0.2) is 24.3 Å². The van der Waals surface area contributed by atoms with Gasteiger partial charge in [-0.2, -0.15) is 0 Å². The second kappa shape index (κ2) is 14.0. The third-order valence-electron chi connectivity index (χ3n) is 5.36. The van der Waals surface area contributed by atoms with Gasteiger partial charge in [0.05, 0.1) is 0 Å². The minimum Gasteiger partial charge on any atom is -0.507 e. The predicted molar refractivity (Wildman–Crippen MR) is 130 cm³/mol. The molecule has 8 heteroatoms. The molecule has 0 saturated carbocycles. The van der Waals surface area contributed by atoms with Crippen molar-refractivity contribution in [3.63, 3.8) is 0 Å². The van der Waals surface area contributed by atoms with Crippen LogP contribution in [0.1, 0.15) is 122 Å². The monoisotopic (exact) mass is 525 g/mol. The van der Waals surface area contributed by atoms with E-state index in [1.54, 1.807) is 12.1 Å². The van der Waals surface area contributed by atoms with Gasteiger partial charge in [0, 0.05) is 17.1 Å². The molecule has 0 amide bonds. The number of carbonyl (C=O) groups is 2. The number of carboxylic acids is 2. The summed E-state index contributed by atoms with van der Waals surface area (Å²) in [7, 11) is 0. The number of phenols is 2.